The van der Waals surface area contributed by atoms with Gasteiger partial charge in [0, 0.05) is 22.5 Å². The highest BCUT2D eigenvalue weighted by molar-refractivity contribution is 8.03. The van der Waals surface area contributed by atoms with E-state index in [9.17, 15) is 0 Å². The SMILES string of the molecule is OCCSCC(CO)SCCS. The second-order valence-electron chi connectivity index (χ2n) is 2.20. The molecule has 0 rings (SSSR count). The Balaban J connectivity index is 3.26. The third-order valence-electron chi connectivity index (χ3n) is 1.19. The third-order valence-corrected chi connectivity index (χ3v) is 4.26. The molecule has 2 N–H and O–H groups in total. The van der Waals surface area contributed by atoms with E-state index in [4.69, 9.17) is 10.2 Å². The normalized spacial score (nSPS) is 13.2. The fourth-order valence-corrected chi connectivity index (χ4v) is 2.85. The van der Waals surface area contributed by atoms with Crippen molar-refractivity contribution in [1.82, 2.24) is 0 Å². The summed E-state index contributed by atoms with van der Waals surface area (Å²) in [6, 6.07) is 0. The van der Waals surface area contributed by atoms with Gasteiger partial charge in [0.25, 0.3) is 0 Å². The molecule has 0 amide bonds. The summed E-state index contributed by atoms with van der Waals surface area (Å²) in [6.45, 7) is 0.441. The quantitative estimate of drug-likeness (QED) is 0.423. The molecule has 0 aromatic heterocycles. The number of aliphatic hydroxyl groups is 2. The van der Waals surface area contributed by atoms with Gasteiger partial charge < -0.3 is 10.2 Å². The Morgan fingerprint density at radius 1 is 1.25 bits per heavy atom. The van der Waals surface area contributed by atoms with E-state index in [0.717, 1.165) is 23.0 Å². The van der Waals surface area contributed by atoms with Crippen LogP contribution in [0.4, 0.5) is 0 Å². The topological polar surface area (TPSA) is 40.5 Å². The Labute approximate surface area is 87.9 Å². The minimum atomic E-state index is 0.219. The van der Waals surface area contributed by atoms with Crippen LogP contribution in [0, 0.1) is 0 Å². The van der Waals surface area contributed by atoms with Crippen LogP contribution in [0.25, 0.3) is 0 Å². The highest BCUT2D eigenvalue weighted by Crippen LogP contribution is 2.15. The first-order chi connectivity index (χ1) is 5.85. The van der Waals surface area contributed by atoms with Crippen LogP contribution in [0.5, 0.6) is 0 Å². The summed E-state index contributed by atoms with van der Waals surface area (Å²) in [7, 11) is 0. The Morgan fingerprint density at radius 2 is 2.00 bits per heavy atom. The van der Waals surface area contributed by atoms with Crippen molar-refractivity contribution in [2.75, 3.05) is 36.2 Å². The molecule has 0 heterocycles. The molecule has 0 spiro atoms. The fraction of sp³-hybridized carbons (Fsp3) is 1.00. The van der Waals surface area contributed by atoms with Crippen LogP contribution in [-0.2, 0) is 0 Å². The predicted octanol–water partition coefficient (Wildman–Crippen LogP) is 0.736. The van der Waals surface area contributed by atoms with Crippen LogP contribution in [0.15, 0.2) is 0 Å². The molecule has 0 aliphatic rings. The van der Waals surface area contributed by atoms with E-state index in [-0.39, 0.29) is 13.2 Å². The number of thioether (sulfide) groups is 2. The average Bonchev–Trinajstić information content (AvgIpc) is 2.11. The molecular formula is C7H16O2S3. The zero-order chi connectivity index (χ0) is 9.23. The van der Waals surface area contributed by atoms with Crippen LogP contribution in [0.1, 0.15) is 0 Å². The molecule has 74 valence electrons. The summed E-state index contributed by atoms with van der Waals surface area (Å²) < 4.78 is 0. The van der Waals surface area contributed by atoms with Crippen molar-refractivity contribution in [3.05, 3.63) is 0 Å². The van der Waals surface area contributed by atoms with Gasteiger partial charge in [0.2, 0.25) is 0 Å². The van der Waals surface area contributed by atoms with Gasteiger partial charge in [-0.15, -0.1) is 0 Å². The maximum Gasteiger partial charge on any atom is 0.0558 e. The first-order valence-electron chi connectivity index (χ1n) is 3.87. The van der Waals surface area contributed by atoms with Crippen molar-refractivity contribution in [1.29, 1.82) is 0 Å². The molecule has 5 heteroatoms. The lowest BCUT2D eigenvalue weighted by molar-refractivity contribution is 0.301. The lowest BCUT2D eigenvalue weighted by Gasteiger charge is -2.11. The molecule has 12 heavy (non-hydrogen) atoms. The summed E-state index contributed by atoms with van der Waals surface area (Å²) in [5, 5.41) is 17.8. The maximum absolute atomic E-state index is 8.93. The number of hydrogen-bond acceptors (Lipinski definition) is 5. The fourth-order valence-electron chi connectivity index (χ4n) is 0.652. The second kappa shape index (κ2) is 10.1. The Hall–Kier alpha value is 0.970. The first kappa shape index (κ1) is 13.0. The molecule has 0 saturated heterocycles. The lowest BCUT2D eigenvalue weighted by Crippen LogP contribution is -2.13. The Kier molecular flexibility index (Phi) is 10.9. The van der Waals surface area contributed by atoms with Gasteiger partial charge >= 0.3 is 0 Å². The van der Waals surface area contributed by atoms with E-state index in [1.165, 1.54) is 0 Å². The van der Waals surface area contributed by atoms with Crippen molar-refractivity contribution in [3.63, 3.8) is 0 Å². The van der Waals surface area contributed by atoms with E-state index in [1.807, 2.05) is 0 Å². The Bertz CT molecular complexity index is 92.7. The summed E-state index contributed by atoms with van der Waals surface area (Å²) in [5.41, 5.74) is 0. The van der Waals surface area contributed by atoms with E-state index >= 15 is 0 Å². The summed E-state index contributed by atoms with van der Waals surface area (Å²) in [4.78, 5) is 0. The molecule has 2 nitrogen and oxygen atoms in total. The number of hydrogen-bond donors (Lipinski definition) is 3. The largest absolute Gasteiger partial charge is 0.396 e. The van der Waals surface area contributed by atoms with Crippen molar-refractivity contribution in [2.45, 2.75) is 5.25 Å². The van der Waals surface area contributed by atoms with Crippen molar-refractivity contribution in [2.24, 2.45) is 0 Å². The molecule has 0 aromatic rings. The molecule has 0 aliphatic heterocycles. The lowest BCUT2D eigenvalue weighted by atomic mass is 10.5. The van der Waals surface area contributed by atoms with Gasteiger partial charge in [-0.3, -0.25) is 0 Å². The molecule has 0 saturated carbocycles. The molecule has 1 unspecified atom stereocenters. The van der Waals surface area contributed by atoms with Crippen LogP contribution in [0.2, 0.25) is 0 Å². The third kappa shape index (κ3) is 7.61. The minimum absolute atomic E-state index is 0.219. The summed E-state index contributed by atoms with van der Waals surface area (Å²) >= 11 is 7.52. The van der Waals surface area contributed by atoms with Gasteiger partial charge in [0.1, 0.15) is 0 Å². The van der Waals surface area contributed by atoms with Crippen LogP contribution >= 0.6 is 36.2 Å². The highest BCUT2D eigenvalue weighted by Gasteiger charge is 2.06. The second-order valence-corrected chi connectivity index (χ2v) is 5.20. The van der Waals surface area contributed by atoms with Gasteiger partial charge in [-0.2, -0.15) is 36.2 Å². The highest BCUT2D eigenvalue weighted by atomic mass is 32.2. The van der Waals surface area contributed by atoms with Gasteiger partial charge in [0.15, 0.2) is 0 Å². The van der Waals surface area contributed by atoms with Crippen LogP contribution < -0.4 is 0 Å². The van der Waals surface area contributed by atoms with Crippen LogP contribution in [0.3, 0.4) is 0 Å². The molecule has 0 bridgehead atoms. The number of aliphatic hydroxyl groups excluding tert-OH is 2. The first-order valence-corrected chi connectivity index (χ1v) is 6.70. The molecule has 1 atom stereocenters. The Morgan fingerprint density at radius 3 is 2.50 bits per heavy atom. The van der Waals surface area contributed by atoms with Gasteiger partial charge in [-0.1, -0.05) is 0 Å². The molecule has 0 radical (unpaired) electrons. The zero-order valence-corrected chi connectivity index (χ0v) is 9.51. The zero-order valence-electron chi connectivity index (χ0n) is 6.98. The number of thiol groups is 1. The van der Waals surface area contributed by atoms with E-state index in [1.54, 1.807) is 23.5 Å². The predicted molar refractivity (Wildman–Crippen MR) is 61.6 cm³/mol. The van der Waals surface area contributed by atoms with Crippen molar-refractivity contribution >= 4 is 36.2 Å². The summed E-state index contributed by atoms with van der Waals surface area (Å²) in [6.07, 6.45) is 0. The molecular weight excluding hydrogens is 212 g/mol. The molecule has 0 aromatic carbocycles. The number of rotatable bonds is 8. The maximum atomic E-state index is 8.93. The smallest absolute Gasteiger partial charge is 0.0558 e. The molecule has 0 aliphatic carbocycles. The monoisotopic (exact) mass is 228 g/mol. The van der Waals surface area contributed by atoms with E-state index in [0.29, 0.717) is 5.25 Å². The van der Waals surface area contributed by atoms with E-state index < -0.39 is 0 Å². The summed E-state index contributed by atoms with van der Waals surface area (Å²) in [5.74, 6) is 3.51. The van der Waals surface area contributed by atoms with E-state index in [2.05, 4.69) is 12.6 Å². The standard InChI is InChI=1S/C7H16O2S3/c8-1-3-11-6-7(5-9)12-4-2-10/h7-10H,1-6H2. The van der Waals surface area contributed by atoms with Crippen LogP contribution in [-0.4, -0.2) is 51.7 Å². The van der Waals surface area contributed by atoms with Crippen molar-refractivity contribution in [3.8, 4) is 0 Å². The molecule has 0 fully saturated rings. The van der Waals surface area contributed by atoms with Gasteiger partial charge in [0.05, 0.1) is 13.2 Å². The van der Waals surface area contributed by atoms with Gasteiger partial charge in [-0.05, 0) is 5.75 Å². The average molecular weight is 228 g/mol. The van der Waals surface area contributed by atoms with Crippen molar-refractivity contribution < 1.29 is 10.2 Å². The minimum Gasteiger partial charge on any atom is -0.396 e. The van der Waals surface area contributed by atoms with Gasteiger partial charge in [-0.25, -0.2) is 0 Å².